The summed E-state index contributed by atoms with van der Waals surface area (Å²) in [5.41, 5.74) is 6.03. The lowest BCUT2D eigenvalue weighted by atomic mass is 9.96. The molecule has 0 amide bonds. The predicted octanol–water partition coefficient (Wildman–Crippen LogP) is 6.28. The highest BCUT2D eigenvalue weighted by molar-refractivity contribution is 9.10. The van der Waals surface area contributed by atoms with Crippen molar-refractivity contribution >= 4 is 43.9 Å². The number of Topliss-reactive ketones (excluding diaryl/α,β-unsaturated/α-hetero) is 1. The molecule has 3 nitrogen and oxygen atoms in total. The minimum atomic E-state index is 0.0845. The first kappa shape index (κ1) is 18.8. The second-order valence-corrected chi connectivity index (χ2v) is 8.32. The maximum atomic E-state index is 13.0. The summed E-state index contributed by atoms with van der Waals surface area (Å²) in [7, 11) is 0. The number of hydrogen-bond donors (Lipinski definition) is 0. The van der Waals surface area contributed by atoms with Crippen molar-refractivity contribution in [3.05, 3.63) is 112 Å². The highest BCUT2D eigenvalue weighted by Gasteiger charge is 2.21. The van der Waals surface area contributed by atoms with Crippen LogP contribution in [0.4, 0.5) is 5.69 Å². The van der Waals surface area contributed by atoms with Crippen LogP contribution in [0, 0.1) is 0 Å². The zero-order valence-electron chi connectivity index (χ0n) is 16.3. The Hall–Kier alpha value is -3.24. The molecule has 0 saturated heterocycles. The maximum Gasteiger partial charge on any atom is 0.182 e. The summed E-state index contributed by atoms with van der Waals surface area (Å²) in [5, 5.41) is 1.13. The first-order chi connectivity index (χ1) is 14.7. The topological polar surface area (TPSA) is 33.2 Å². The molecule has 0 atom stereocenters. The molecular formula is C26H19BrN2O. The predicted molar refractivity (Wildman–Crippen MR) is 126 cm³/mol. The average Bonchev–Trinajstić information content (AvgIpc) is 2.79. The van der Waals surface area contributed by atoms with Crippen LogP contribution in [0.1, 0.15) is 21.6 Å². The fourth-order valence-corrected chi connectivity index (χ4v) is 4.13. The molecule has 146 valence electrons. The Bertz CT molecular complexity index is 1280. The van der Waals surface area contributed by atoms with Crippen LogP contribution in [-0.2, 0) is 6.42 Å². The van der Waals surface area contributed by atoms with Gasteiger partial charge in [0.2, 0.25) is 0 Å². The number of benzene rings is 3. The molecule has 0 saturated carbocycles. The van der Waals surface area contributed by atoms with Crippen molar-refractivity contribution in [3.8, 4) is 0 Å². The van der Waals surface area contributed by atoms with Crippen molar-refractivity contribution < 1.29 is 4.79 Å². The number of carbonyl (C=O) groups excluding carboxylic acids is 1. The SMILES string of the molecule is O=C(CN1C=C(c2ccc3ccccc3n2)Cc2ccccc21)c1ccc(Br)cc1. The molecule has 0 aliphatic carbocycles. The summed E-state index contributed by atoms with van der Waals surface area (Å²) in [4.78, 5) is 19.9. The quantitative estimate of drug-likeness (QED) is 0.340. The van der Waals surface area contributed by atoms with Crippen molar-refractivity contribution in [2.75, 3.05) is 11.4 Å². The molecule has 1 aromatic heterocycles. The van der Waals surface area contributed by atoms with Gasteiger partial charge in [-0.1, -0.05) is 70.5 Å². The molecule has 0 fully saturated rings. The number of pyridine rings is 1. The summed E-state index contributed by atoms with van der Waals surface area (Å²) in [6.45, 7) is 0.287. The molecule has 2 heterocycles. The van der Waals surface area contributed by atoms with E-state index in [0.717, 1.165) is 38.8 Å². The molecule has 0 spiro atoms. The smallest absolute Gasteiger partial charge is 0.182 e. The number of aromatic nitrogens is 1. The number of hydrogen-bond acceptors (Lipinski definition) is 3. The molecule has 1 aliphatic rings. The fourth-order valence-electron chi connectivity index (χ4n) is 3.86. The Kier molecular flexibility index (Phi) is 4.93. The fraction of sp³-hybridized carbons (Fsp3) is 0.0769. The van der Waals surface area contributed by atoms with Crippen LogP contribution < -0.4 is 4.90 Å². The zero-order chi connectivity index (χ0) is 20.5. The minimum absolute atomic E-state index is 0.0845. The highest BCUT2D eigenvalue weighted by atomic mass is 79.9. The Morgan fingerprint density at radius 2 is 1.67 bits per heavy atom. The Labute approximate surface area is 183 Å². The minimum Gasteiger partial charge on any atom is -0.340 e. The maximum absolute atomic E-state index is 13.0. The van der Waals surface area contributed by atoms with Crippen molar-refractivity contribution in [1.82, 2.24) is 4.98 Å². The Morgan fingerprint density at radius 3 is 2.53 bits per heavy atom. The van der Waals surface area contributed by atoms with Gasteiger partial charge in [-0.15, -0.1) is 0 Å². The van der Waals surface area contributed by atoms with Crippen LogP contribution in [0.25, 0.3) is 16.5 Å². The molecule has 0 radical (unpaired) electrons. The van der Waals surface area contributed by atoms with Crippen molar-refractivity contribution in [2.24, 2.45) is 0 Å². The Morgan fingerprint density at radius 1 is 0.900 bits per heavy atom. The summed E-state index contributed by atoms with van der Waals surface area (Å²) in [6, 6.07) is 28.1. The molecule has 30 heavy (non-hydrogen) atoms. The van der Waals surface area contributed by atoms with Crippen molar-refractivity contribution in [2.45, 2.75) is 6.42 Å². The van der Waals surface area contributed by atoms with E-state index in [9.17, 15) is 4.79 Å². The number of nitrogens with zero attached hydrogens (tertiary/aromatic N) is 2. The summed E-state index contributed by atoms with van der Waals surface area (Å²) >= 11 is 3.43. The van der Waals surface area contributed by atoms with Gasteiger partial charge in [-0.05, 0) is 41.5 Å². The van der Waals surface area contributed by atoms with Crippen LogP contribution in [0.3, 0.4) is 0 Å². The first-order valence-corrected chi connectivity index (χ1v) is 10.7. The molecule has 0 N–H and O–H groups in total. The first-order valence-electron chi connectivity index (χ1n) is 9.87. The molecule has 0 bridgehead atoms. The van der Waals surface area contributed by atoms with Crippen molar-refractivity contribution in [1.29, 1.82) is 0 Å². The number of fused-ring (bicyclic) bond motifs is 2. The van der Waals surface area contributed by atoms with Gasteiger partial charge in [0, 0.05) is 33.7 Å². The van der Waals surface area contributed by atoms with E-state index in [1.54, 1.807) is 0 Å². The summed E-state index contributed by atoms with van der Waals surface area (Å²) in [6.07, 6.45) is 2.88. The largest absolute Gasteiger partial charge is 0.340 e. The van der Waals surface area contributed by atoms with Gasteiger partial charge in [-0.2, -0.15) is 0 Å². The number of rotatable bonds is 4. The molecule has 4 aromatic rings. The standard InChI is InChI=1S/C26H19BrN2O/c27-22-12-9-19(10-13-22)26(30)17-29-16-21(15-20-6-2-4-8-25(20)29)24-14-11-18-5-1-3-7-23(18)28-24/h1-14,16H,15,17H2. The van der Waals surface area contributed by atoms with Gasteiger partial charge in [-0.3, -0.25) is 4.79 Å². The van der Waals surface area contributed by atoms with E-state index < -0.39 is 0 Å². The van der Waals surface area contributed by atoms with Gasteiger partial charge in [-0.25, -0.2) is 4.98 Å². The summed E-state index contributed by atoms with van der Waals surface area (Å²) < 4.78 is 0.965. The average molecular weight is 455 g/mol. The third-order valence-corrected chi connectivity index (χ3v) is 5.93. The molecule has 0 unspecified atom stereocenters. The lowest BCUT2D eigenvalue weighted by Crippen LogP contribution is -2.28. The van der Waals surface area contributed by atoms with Gasteiger partial charge in [0.05, 0.1) is 17.8 Å². The van der Waals surface area contributed by atoms with E-state index in [-0.39, 0.29) is 12.3 Å². The van der Waals surface area contributed by atoms with Gasteiger partial charge >= 0.3 is 0 Å². The number of carbonyl (C=O) groups is 1. The molecule has 3 aromatic carbocycles. The van der Waals surface area contributed by atoms with E-state index in [1.165, 1.54) is 5.56 Å². The number of ketones is 1. The van der Waals surface area contributed by atoms with E-state index in [2.05, 4.69) is 57.4 Å². The molecule has 1 aliphatic heterocycles. The van der Waals surface area contributed by atoms with Crippen LogP contribution in [0.2, 0.25) is 0 Å². The lowest BCUT2D eigenvalue weighted by Gasteiger charge is -2.29. The van der Waals surface area contributed by atoms with Gasteiger partial charge in [0.25, 0.3) is 0 Å². The molecular weight excluding hydrogens is 436 g/mol. The normalized spacial score (nSPS) is 13.1. The Balaban J connectivity index is 1.51. The van der Waals surface area contributed by atoms with Crippen molar-refractivity contribution in [3.63, 3.8) is 0 Å². The number of halogens is 1. The van der Waals surface area contributed by atoms with E-state index in [4.69, 9.17) is 4.98 Å². The van der Waals surface area contributed by atoms with E-state index >= 15 is 0 Å². The monoisotopic (exact) mass is 454 g/mol. The summed E-state index contributed by atoms with van der Waals surface area (Å²) in [5.74, 6) is 0.0845. The number of para-hydroxylation sites is 2. The number of allylic oxidation sites excluding steroid dienone is 1. The van der Waals surface area contributed by atoms with Crippen LogP contribution in [-0.4, -0.2) is 17.3 Å². The van der Waals surface area contributed by atoms with Gasteiger partial charge in [0.1, 0.15) is 0 Å². The van der Waals surface area contributed by atoms with Gasteiger partial charge in [0.15, 0.2) is 5.78 Å². The van der Waals surface area contributed by atoms with E-state index in [0.29, 0.717) is 5.56 Å². The van der Waals surface area contributed by atoms with Crippen LogP contribution in [0.5, 0.6) is 0 Å². The molecule has 4 heteroatoms. The zero-order valence-corrected chi connectivity index (χ0v) is 17.8. The van der Waals surface area contributed by atoms with Gasteiger partial charge < -0.3 is 4.90 Å². The third-order valence-electron chi connectivity index (χ3n) is 5.40. The second kappa shape index (κ2) is 7.88. The third kappa shape index (κ3) is 3.66. The lowest BCUT2D eigenvalue weighted by molar-refractivity contribution is 0.100. The highest BCUT2D eigenvalue weighted by Crippen LogP contribution is 2.33. The molecule has 5 rings (SSSR count). The number of anilines is 1. The second-order valence-electron chi connectivity index (χ2n) is 7.41. The van der Waals surface area contributed by atoms with E-state index in [1.807, 2.05) is 54.6 Å². The van der Waals surface area contributed by atoms with Crippen LogP contribution in [0.15, 0.2) is 95.6 Å². The van der Waals surface area contributed by atoms with Crippen LogP contribution >= 0.6 is 15.9 Å².